The van der Waals surface area contributed by atoms with Gasteiger partial charge in [-0.05, 0) is 24.6 Å². The summed E-state index contributed by atoms with van der Waals surface area (Å²) in [7, 11) is 1.61. The van der Waals surface area contributed by atoms with Crippen molar-refractivity contribution in [3.05, 3.63) is 29.8 Å². The molecule has 1 rings (SSSR count). The van der Waals surface area contributed by atoms with E-state index in [4.69, 9.17) is 9.47 Å². The average Bonchev–Trinajstić information content (AvgIpc) is 2.26. The van der Waals surface area contributed by atoms with Gasteiger partial charge < -0.3 is 9.47 Å². The van der Waals surface area contributed by atoms with Crippen molar-refractivity contribution in [2.24, 2.45) is 0 Å². The summed E-state index contributed by atoms with van der Waals surface area (Å²) in [5.41, 5.74) is 0.929. The summed E-state index contributed by atoms with van der Waals surface area (Å²) in [5, 5.41) is -0.386. The molecule has 1 aromatic rings. The van der Waals surface area contributed by atoms with Crippen molar-refractivity contribution in [3.8, 4) is 5.75 Å². The minimum atomic E-state index is -0.386. The maximum atomic E-state index is 11.1. The Kier molecular flexibility index (Phi) is 4.49. The number of ether oxygens (including phenoxy) is 2. The molecule has 0 fully saturated rings. The zero-order valence-corrected chi connectivity index (χ0v) is 9.66. The van der Waals surface area contributed by atoms with Gasteiger partial charge in [-0.3, -0.25) is 4.79 Å². The van der Waals surface area contributed by atoms with Crippen LogP contribution in [0.15, 0.2) is 24.3 Å². The van der Waals surface area contributed by atoms with Crippen LogP contribution < -0.4 is 4.74 Å². The van der Waals surface area contributed by atoms with Gasteiger partial charge in [0.25, 0.3) is 0 Å². The van der Waals surface area contributed by atoms with Crippen LogP contribution in [0.2, 0.25) is 0 Å². The first-order valence-corrected chi connectivity index (χ1v) is 5.12. The van der Waals surface area contributed by atoms with Crippen molar-refractivity contribution in [1.29, 1.82) is 0 Å². The lowest BCUT2D eigenvalue weighted by atomic mass is 10.2. The van der Waals surface area contributed by atoms with Crippen molar-refractivity contribution >= 4 is 18.6 Å². The van der Waals surface area contributed by atoms with Gasteiger partial charge in [-0.1, -0.05) is 12.1 Å². The molecular weight excluding hydrogens is 212 g/mol. The fourth-order valence-electron chi connectivity index (χ4n) is 0.997. The number of esters is 1. The van der Waals surface area contributed by atoms with Gasteiger partial charge in [0, 0.05) is 0 Å². The standard InChI is InChI=1S/C11H14O3S/c1-8(15)11(12)14-7-9-3-5-10(13-2)6-4-9/h3-6,8,15H,7H2,1-2H3. The molecule has 0 saturated carbocycles. The maximum Gasteiger partial charge on any atom is 0.318 e. The zero-order chi connectivity index (χ0) is 11.3. The number of methoxy groups -OCH3 is 1. The molecule has 1 atom stereocenters. The molecule has 0 N–H and O–H groups in total. The van der Waals surface area contributed by atoms with Gasteiger partial charge in [-0.25, -0.2) is 0 Å². The van der Waals surface area contributed by atoms with Gasteiger partial charge in [-0.2, -0.15) is 12.6 Å². The average molecular weight is 226 g/mol. The number of thiol groups is 1. The molecule has 0 radical (unpaired) electrons. The molecular formula is C11H14O3S. The summed E-state index contributed by atoms with van der Waals surface area (Å²) in [5.74, 6) is 0.474. The van der Waals surface area contributed by atoms with Gasteiger partial charge >= 0.3 is 5.97 Å². The van der Waals surface area contributed by atoms with E-state index in [1.165, 1.54) is 0 Å². The molecule has 0 heterocycles. The molecule has 3 nitrogen and oxygen atoms in total. The number of hydrogen-bond donors (Lipinski definition) is 1. The lowest BCUT2D eigenvalue weighted by Gasteiger charge is -2.07. The zero-order valence-electron chi connectivity index (χ0n) is 8.77. The van der Waals surface area contributed by atoms with Crippen LogP contribution in [-0.4, -0.2) is 18.3 Å². The summed E-state index contributed by atoms with van der Waals surface area (Å²) in [6, 6.07) is 7.37. The Hall–Kier alpha value is -1.16. The molecule has 0 aliphatic rings. The van der Waals surface area contributed by atoms with E-state index in [-0.39, 0.29) is 17.8 Å². The Bertz CT molecular complexity index is 319. The predicted octanol–water partition coefficient (Wildman–Crippen LogP) is 2.06. The Balaban J connectivity index is 2.47. The Morgan fingerprint density at radius 3 is 2.47 bits per heavy atom. The summed E-state index contributed by atoms with van der Waals surface area (Å²) >= 11 is 3.98. The van der Waals surface area contributed by atoms with Gasteiger partial charge in [-0.15, -0.1) is 0 Å². The van der Waals surface area contributed by atoms with Crippen LogP contribution in [0.25, 0.3) is 0 Å². The van der Waals surface area contributed by atoms with E-state index in [1.807, 2.05) is 24.3 Å². The number of rotatable bonds is 4. The van der Waals surface area contributed by atoms with Crippen molar-refractivity contribution < 1.29 is 14.3 Å². The van der Waals surface area contributed by atoms with Crippen LogP contribution in [0.3, 0.4) is 0 Å². The second-order valence-corrected chi connectivity index (χ2v) is 3.91. The van der Waals surface area contributed by atoms with Crippen LogP contribution >= 0.6 is 12.6 Å². The van der Waals surface area contributed by atoms with Crippen LogP contribution in [-0.2, 0) is 16.1 Å². The highest BCUT2D eigenvalue weighted by molar-refractivity contribution is 7.81. The Labute approximate surface area is 94.8 Å². The van der Waals surface area contributed by atoms with Gasteiger partial charge in [0.2, 0.25) is 0 Å². The topological polar surface area (TPSA) is 35.5 Å². The quantitative estimate of drug-likeness (QED) is 0.630. The molecule has 0 aromatic heterocycles. The molecule has 1 aromatic carbocycles. The number of benzene rings is 1. The van der Waals surface area contributed by atoms with E-state index in [0.29, 0.717) is 0 Å². The minimum absolute atomic E-state index is 0.272. The SMILES string of the molecule is COc1ccc(COC(=O)C(C)S)cc1. The summed E-state index contributed by atoms with van der Waals surface area (Å²) in [6.07, 6.45) is 0. The minimum Gasteiger partial charge on any atom is -0.497 e. The maximum absolute atomic E-state index is 11.1. The van der Waals surface area contributed by atoms with E-state index < -0.39 is 0 Å². The lowest BCUT2D eigenvalue weighted by molar-refractivity contribution is -0.143. The van der Waals surface area contributed by atoms with Crippen LogP contribution in [0.4, 0.5) is 0 Å². The van der Waals surface area contributed by atoms with Crippen molar-refractivity contribution in [2.45, 2.75) is 18.8 Å². The lowest BCUT2D eigenvalue weighted by Crippen LogP contribution is -2.14. The van der Waals surface area contributed by atoms with Crippen LogP contribution in [0.1, 0.15) is 12.5 Å². The second-order valence-electron chi connectivity index (χ2n) is 3.13. The Morgan fingerprint density at radius 1 is 1.40 bits per heavy atom. The number of carbonyl (C=O) groups excluding carboxylic acids is 1. The molecule has 0 amide bonds. The first-order valence-electron chi connectivity index (χ1n) is 4.61. The molecule has 0 aliphatic carbocycles. The van der Waals surface area contributed by atoms with Crippen molar-refractivity contribution in [1.82, 2.24) is 0 Å². The monoisotopic (exact) mass is 226 g/mol. The smallest absolute Gasteiger partial charge is 0.318 e. The summed E-state index contributed by atoms with van der Waals surface area (Å²) < 4.78 is 10.0. The van der Waals surface area contributed by atoms with Crippen LogP contribution in [0, 0.1) is 0 Å². The van der Waals surface area contributed by atoms with Crippen molar-refractivity contribution in [3.63, 3.8) is 0 Å². The third-order valence-electron chi connectivity index (χ3n) is 1.88. The molecule has 15 heavy (non-hydrogen) atoms. The second kappa shape index (κ2) is 5.66. The van der Waals surface area contributed by atoms with E-state index in [1.54, 1.807) is 14.0 Å². The highest BCUT2D eigenvalue weighted by Crippen LogP contribution is 2.12. The highest BCUT2D eigenvalue weighted by atomic mass is 32.1. The fraction of sp³-hybridized carbons (Fsp3) is 0.364. The summed E-state index contributed by atoms with van der Waals surface area (Å²) in [6.45, 7) is 1.95. The molecule has 82 valence electrons. The molecule has 0 bridgehead atoms. The first-order chi connectivity index (χ1) is 7.13. The Morgan fingerprint density at radius 2 is 2.00 bits per heavy atom. The van der Waals surface area contributed by atoms with Gasteiger partial charge in [0.15, 0.2) is 0 Å². The van der Waals surface area contributed by atoms with E-state index in [0.717, 1.165) is 11.3 Å². The van der Waals surface area contributed by atoms with Crippen molar-refractivity contribution in [2.75, 3.05) is 7.11 Å². The van der Waals surface area contributed by atoms with Crippen LogP contribution in [0.5, 0.6) is 5.75 Å². The third kappa shape index (κ3) is 3.83. The number of hydrogen-bond acceptors (Lipinski definition) is 4. The largest absolute Gasteiger partial charge is 0.497 e. The normalized spacial score (nSPS) is 11.9. The van der Waals surface area contributed by atoms with E-state index >= 15 is 0 Å². The highest BCUT2D eigenvalue weighted by Gasteiger charge is 2.08. The van der Waals surface area contributed by atoms with Gasteiger partial charge in [0.1, 0.15) is 12.4 Å². The molecule has 0 saturated heterocycles. The van der Waals surface area contributed by atoms with Gasteiger partial charge in [0.05, 0.1) is 12.4 Å². The molecule has 0 aliphatic heterocycles. The van der Waals surface area contributed by atoms with E-state index in [2.05, 4.69) is 12.6 Å². The molecule has 1 unspecified atom stereocenters. The first kappa shape index (κ1) is 11.9. The fourth-order valence-corrected chi connectivity index (χ4v) is 1.07. The molecule has 4 heteroatoms. The predicted molar refractivity (Wildman–Crippen MR) is 61.2 cm³/mol. The number of carbonyl (C=O) groups is 1. The molecule has 0 spiro atoms. The van der Waals surface area contributed by atoms with E-state index in [9.17, 15) is 4.79 Å². The third-order valence-corrected chi connectivity index (χ3v) is 2.09. The summed E-state index contributed by atoms with van der Waals surface area (Å²) in [4.78, 5) is 11.1.